The van der Waals surface area contributed by atoms with Crippen molar-refractivity contribution in [1.29, 1.82) is 0 Å². The summed E-state index contributed by atoms with van der Waals surface area (Å²) >= 11 is 0. The summed E-state index contributed by atoms with van der Waals surface area (Å²) in [4.78, 5) is 46.0. The fraction of sp³-hybridized carbons (Fsp3) is 0.452. The number of nitrogens with two attached hydrogens (primary N) is 1. The molecule has 0 unspecified atom stereocenters. The Morgan fingerprint density at radius 3 is 1.90 bits per heavy atom. The number of carboxylic acids is 3. The average Bonchev–Trinajstić information content (AvgIpc) is 3.22. The largest absolute Gasteiger partial charge is 0.542 e. The standard InChI is InChI=1S/C38H50N4O6Si.2C2HF3O2/c1-41(2)28-9-12-31-34(25-28)49(22-6-5-7-23-49)35-26-29(42(3)4)10-13-32(35)36(31)33-24-27(8-11-30(33)38(44)45)37(43)40-15-17-47-19-21-48-20-18-46-16-14-39;2*3-2(4,5)1(6)7/h8-13,24-26H,5-7,14-23,39H2,1-4H3,(H-,40,43,44,45);2*(H,6,7). The SMILES string of the molecule is CN(C)c1ccc2c(c1)[Si]1(CCCCC1)C1=CC(=[N+](C)C)C=CC1=C2c1cc(C(=O)NCCOCCOCCOCCN)ccc1C(=O)O.O=C(O)C(F)(F)F.O=C([O-])C(F)(F)F. The minimum atomic E-state index is -5.19. The van der Waals surface area contributed by atoms with E-state index in [-0.39, 0.29) is 11.5 Å². The topological polar surface area (TPSA) is 204 Å². The number of carbonyl (C=O) groups is 4. The molecule has 5 rings (SSSR count). The maximum absolute atomic E-state index is 13.4. The van der Waals surface area contributed by atoms with Crippen LogP contribution in [0.15, 0.2) is 65.4 Å². The van der Waals surface area contributed by atoms with Gasteiger partial charge in [0.15, 0.2) is 5.71 Å². The van der Waals surface area contributed by atoms with Crippen LogP contribution in [0.3, 0.4) is 0 Å². The molecule has 0 bridgehead atoms. The number of anilines is 1. The van der Waals surface area contributed by atoms with E-state index in [0.717, 1.165) is 28.1 Å². The van der Waals surface area contributed by atoms with Gasteiger partial charge in [0.1, 0.15) is 28.1 Å². The van der Waals surface area contributed by atoms with Crippen molar-refractivity contribution in [2.45, 2.75) is 43.7 Å². The third-order valence-corrected chi connectivity index (χ3v) is 15.4. The van der Waals surface area contributed by atoms with Gasteiger partial charge in [0, 0.05) is 50.6 Å². The molecule has 1 aliphatic carbocycles. The predicted octanol–water partition coefficient (Wildman–Crippen LogP) is 3.52. The van der Waals surface area contributed by atoms with Gasteiger partial charge < -0.3 is 50.3 Å². The number of halogens is 6. The molecule has 0 aromatic heterocycles. The number of aromatic carboxylic acids is 1. The number of nitrogens with one attached hydrogen (secondary N) is 1. The molecule has 2 heterocycles. The Hall–Kier alpha value is -5.35. The highest BCUT2D eigenvalue weighted by atomic mass is 28.3. The zero-order chi connectivity index (χ0) is 47.1. The van der Waals surface area contributed by atoms with Gasteiger partial charge in [-0.3, -0.25) is 4.79 Å². The van der Waals surface area contributed by atoms with E-state index in [4.69, 9.17) is 39.7 Å². The molecule has 2 aliphatic heterocycles. The summed E-state index contributed by atoms with van der Waals surface area (Å²) in [5.74, 6) is -7.07. The average molecular weight is 915 g/mol. The van der Waals surface area contributed by atoms with Crippen LogP contribution in [0.2, 0.25) is 12.1 Å². The molecule has 2 aromatic rings. The molecule has 1 saturated heterocycles. The summed E-state index contributed by atoms with van der Waals surface area (Å²) in [5.41, 5.74) is 11.9. The number of alkyl halides is 6. The monoisotopic (exact) mass is 914 g/mol. The number of hydrogen-bond acceptors (Lipinski definition) is 10. The number of benzene rings is 2. The van der Waals surface area contributed by atoms with Crippen LogP contribution in [0.1, 0.15) is 51.1 Å². The van der Waals surface area contributed by atoms with Gasteiger partial charge in [0.2, 0.25) is 0 Å². The van der Waals surface area contributed by atoms with E-state index in [0.29, 0.717) is 63.9 Å². The number of carbonyl (C=O) groups excluding carboxylic acids is 2. The Bertz CT molecular complexity index is 2070. The molecule has 1 spiro atoms. The van der Waals surface area contributed by atoms with Crippen LogP contribution < -0.4 is 26.2 Å². The van der Waals surface area contributed by atoms with Crippen molar-refractivity contribution in [1.82, 2.24) is 5.32 Å². The highest BCUT2D eigenvalue weighted by molar-refractivity contribution is 7.00. The van der Waals surface area contributed by atoms with E-state index in [2.05, 4.69) is 79.4 Å². The number of fused-ring (bicyclic) bond motifs is 4. The van der Waals surface area contributed by atoms with Gasteiger partial charge in [0.05, 0.1) is 45.2 Å². The van der Waals surface area contributed by atoms with Crippen molar-refractivity contribution < 1.29 is 79.6 Å². The van der Waals surface area contributed by atoms with Gasteiger partial charge >= 0.3 is 24.3 Å². The summed E-state index contributed by atoms with van der Waals surface area (Å²) in [7, 11) is 6.05. The van der Waals surface area contributed by atoms with Gasteiger partial charge in [0.25, 0.3) is 5.91 Å². The molecule has 14 nitrogen and oxygen atoms in total. The van der Waals surface area contributed by atoms with Crippen LogP contribution in [0.5, 0.6) is 0 Å². The van der Waals surface area contributed by atoms with Crippen LogP contribution in [0.4, 0.5) is 32.0 Å². The Balaban J connectivity index is 0.000000650. The Morgan fingerprint density at radius 1 is 0.825 bits per heavy atom. The van der Waals surface area contributed by atoms with E-state index in [1.165, 1.54) is 41.7 Å². The quantitative estimate of drug-likeness (QED) is 0.0878. The van der Waals surface area contributed by atoms with Crippen LogP contribution in [0.25, 0.3) is 5.57 Å². The maximum Gasteiger partial charge on any atom is 0.490 e. The molecule has 0 saturated carbocycles. The molecule has 2 aromatic carbocycles. The first kappa shape index (κ1) is 52.0. The highest BCUT2D eigenvalue weighted by Crippen LogP contribution is 2.48. The number of allylic oxidation sites excluding steroid dienone is 5. The zero-order valence-corrected chi connectivity index (χ0v) is 36.3. The number of rotatable bonds is 15. The fourth-order valence-corrected chi connectivity index (χ4v) is 12.8. The first-order chi connectivity index (χ1) is 29.6. The second kappa shape index (κ2) is 23.4. The molecule has 0 atom stereocenters. The molecule has 1 amide bonds. The van der Waals surface area contributed by atoms with Crippen LogP contribution >= 0.6 is 0 Å². The molecular weight excluding hydrogens is 863 g/mol. The lowest BCUT2D eigenvalue weighted by molar-refractivity contribution is -0.462. The summed E-state index contributed by atoms with van der Waals surface area (Å²) in [6.45, 7) is 3.42. The molecule has 63 heavy (non-hydrogen) atoms. The number of ether oxygens (including phenoxy) is 3. The molecule has 0 radical (unpaired) electrons. The highest BCUT2D eigenvalue weighted by Gasteiger charge is 2.48. The zero-order valence-electron chi connectivity index (χ0n) is 35.3. The first-order valence-electron chi connectivity index (χ1n) is 19.8. The Kier molecular flexibility index (Phi) is 19.3. The molecule has 346 valence electrons. The van der Waals surface area contributed by atoms with E-state index in [1.54, 1.807) is 18.2 Å². The number of amides is 1. The maximum atomic E-state index is 13.4. The van der Waals surface area contributed by atoms with Crippen molar-refractivity contribution in [3.63, 3.8) is 0 Å². The van der Waals surface area contributed by atoms with E-state index < -0.39 is 38.3 Å². The third-order valence-electron chi connectivity index (χ3n) is 10.1. The number of hydrogen-bond donors (Lipinski definition) is 4. The molecule has 3 aliphatic rings. The molecule has 21 heteroatoms. The van der Waals surface area contributed by atoms with Crippen molar-refractivity contribution in [3.8, 4) is 0 Å². The lowest BCUT2D eigenvalue weighted by Crippen LogP contribution is -2.55. The van der Waals surface area contributed by atoms with Crippen molar-refractivity contribution in [2.75, 3.05) is 85.8 Å². The number of carboxylic acid groups (broad SMARTS) is 3. The van der Waals surface area contributed by atoms with Gasteiger partial charge in [-0.1, -0.05) is 25.3 Å². The lowest BCUT2D eigenvalue weighted by Gasteiger charge is -2.45. The predicted molar refractivity (Wildman–Crippen MR) is 222 cm³/mol. The van der Waals surface area contributed by atoms with E-state index >= 15 is 0 Å². The summed E-state index contributed by atoms with van der Waals surface area (Å²) in [5, 5.41) is 32.0. The summed E-state index contributed by atoms with van der Waals surface area (Å²) in [6.07, 6.45) is 0.00177. The summed E-state index contributed by atoms with van der Waals surface area (Å²) in [6, 6.07) is 13.9. The normalized spacial score (nSPS) is 15.2. The second-order valence-corrected chi connectivity index (χ2v) is 19.0. The van der Waals surface area contributed by atoms with E-state index in [1.807, 2.05) is 0 Å². The van der Waals surface area contributed by atoms with Gasteiger partial charge in [-0.2, -0.15) is 26.3 Å². The van der Waals surface area contributed by atoms with Crippen LogP contribution in [-0.2, 0) is 23.8 Å². The smallest absolute Gasteiger partial charge is 0.490 e. The Morgan fingerprint density at radius 2 is 1.40 bits per heavy atom. The van der Waals surface area contributed by atoms with E-state index in [9.17, 15) is 41.0 Å². The number of aliphatic carboxylic acids is 2. The van der Waals surface area contributed by atoms with Gasteiger partial charge in [-0.05, 0) is 81.2 Å². The minimum absolute atomic E-state index is 0.176. The molecule has 5 N–H and O–H groups in total. The molecule has 1 fully saturated rings. The lowest BCUT2D eigenvalue weighted by atomic mass is 9.86. The minimum Gasteiger partial charge on any atom is -0.542 e. The van der Waals surface area contributed by atoms with Gasteiger partial charge in [-0.15, -0.1) is 0 Å². The third kappa shape index (κ3) is 14.3. The summed E-state index contributed by atoms with van der Waals surface area (Å²) < 4.78 is 81.8. The first-order valence-corrected chi connectivity index (χ1v) is 22.2. The van der Waals surface area contributed by atoms with Crippen LogP contribution in [0, 0.1) is 0 Å². The van der Waals surface area contributed by atoms with Crippen molar-refractivity contribution >= 4 is 54.0 Å². The second-order valence-electron chi connectivity index (χ2n) is 14.8. The fourth-order valence-electron chi connectivity index (χ4n) is 7.17. The number of nitrogens with zero attached hydrogens (tertiary/aromatic N) is 2. The molecular formula is C42H52F6N4O10Si. The Labute approximate surface area is 361 Å². The van der Waals surface area contributed by atoms with Crippen molar-refractivity contribution in [3.05, 3.63) is 87.6 Å². The van der Waals surface area contributed by atoms with Gasteiger partial charge in [-0.25, -0.2) is 14.2 Å². The van der Waals surface area contributed by atoms with Crippen molar-refractivity contribution in [2.24, 2.45) is 5.73 Å². The van der Waals surface area contributed by atoms with Crippen LogP contribution in [-0.4, -0.2) is 146 Å².